The Balaban J connectivity index is 1.71. The average molecular weight is 364 g/mol. The van der Waals surface area contributed by atoms with Crippen molar-refractivity contribution >= 4 is 17.5 Å². The van der Waals surface area contributed by atoms with Crippen LogP contribution in [-0.4, -0.2) is 32.0 Å². The number of nitrogens with zero attached hydrogens (tertiary/aromatic N) is 4. The Morgan fingerprint density at radius 1 is 1.15 bits per heavy atom. The summed E-state index contributed by atoms with van der Waals surface area (Å²) >= 11 is 0. The zero-order valence-corrected chi connectivity index (χ0v) is 15.1. The topological polar surface area (TPSA) is 102 Å². The van der Waals surface area contributed by atoms with Gasteiger partial charge >= 0.3 is 0 Å². The number of hydrogen-bond acceptors (Lipinski definition) is 5. The minimum absolute atomic E-state index is 0.123. The fourth-order valence-electron chi connectivity index (χ4n) is 2.70. The van der Waals surface area contributed by atoms with Gasteiger partial charge in [0.1, 0.15) is 6.33 Å². The number of tetrazole rings is 1. The van der Waals surface area contributed by atoms with Gasteiger partial charge in [-0.15, -0.1) is 5.10 Å². The number of anilines is 1. The second-order valence-corrected chi connectivity index (χ2v) is 6.22. The Kier molecular flexibility index (Phi) is 5.55. The lowest BCUT2D eigenvalue weighted by molar-refractivity contribution is -0.120. The molecule has 0 aliphatic heterocycles. The van der Waals surface area contributed by atoms with Crippen molar-refractivity contribution in [3.8, 4) is 5.69 Å². The fraction of sp³-hybridized carbons (Fsp3) is 0.211. The summed E-state index contributed by atoms with van der Waals surface area (Å²) in [4.78, 5) is 24.1. The van der Waals surface area contributed by atoms with Crippen LogP contribution in [0.15, 0.2) is 54.9 Å². The SMILES string of the molecule is CC(=O)NC(CC(=O)Nc1cccc(-n2cnnn2)c1)c1ccc(C)cc1. The van der Waals surface area contributed by atoms with Gasteiger partial charge < -0.3 is 10.6 Å². The van der Waals surface area contributed by atoms with Crippen LogP contribution in [-0.2, 0) is 9.59 Å². The van der Waals surface area contributed by atoms with Crippen LogP contribution >= 0.6 is 0 Å². The number of amides is 2. The molecule has 3 aromatic rings. The lowest BCUT2D eigenvalue weighted by Gasteiger charge is -2.18. The molecule has 2 N–H and O–H groups in total. The summed E-state index contributed by atoms with van der Waals surface area (Å²) in [5.74, 6) is -0.391. The monoisotopic (exact) mass is 364 g/mol. The van der Waals surface area contributed by atoms with Crippen molar-refractivity contribution in [2.75, 3.05) is 5.32 Å². The Morgan fingerprint density at radius 3 is 2.59 bits per heavy atom. The molecular formula is C19H20N6O2. The van der Waals surface area contributed by atoms with Gasteiger partial charge in [-0.3, -0.25) is 9.59 Å². The molecular weight excluding hydrogens is 344 g/mol. The van der Waals surface area contributed by atoms with E-state index in [9.17, 15) is 9.59 Å². The van der Waals surface area contributed by atoms with Crippen molar-refractivity contribution in [1.29, 1.82) is 0 Å². The predicted molar refractivity (Wildman–Crippen MR) is 100 cm³/mol. The Labute approximate surface area is 156 Å². The van der Waals surface area contributed by atoms with Crippen molar-refractivity contribution < 1.29 is 9.59 Å². The van der Waals surface area contributed by atoms with E-state index in [1.54, 1.807) is 18.2 Å². The maximum absolute atomic E-state index is 12.5. The van der Waals surface area contributed by atoms with Crippen LogP contribution in [0.2, 0.25) is 0 Å². The maximum atomic E-state index is 12.5. The van der Waals surface area contributed by atoms with E-state index in [0.29, 0.717) is 5.69 Å². The van der Waals surface area contributed by atoms with Gasteiger partial charge in [-0.05, 0) is 41.1 Å². The molecule has 0 bridgehead atoms. The normalized spacial score (nSPS) is 11.6. The first kappa shape index (κ1) is 18.2. The number of nitrogens with one attached hydrogen (secondary N) is 2. The van der Waals surface area contributed by atoms with Crippen LogP contribution < -0.4 is 10.6 Å². The van der Waals surface area contributed by atoms with Gasteiger partial charge in [0.2, 0.25) is 11.8 Å². The first-order valence-corrected chi connectivity index (χ1v) is 8.48. The Hall–Kier alpha value is -3.55. The summed E-state index contributed by atoms with van der Waals surface area (Å²) in [7, 11) is 0. The molecule has 0 saturated carbocycles. The van der Waals surface area contributed by atoms with Gasteiger partial charge in [-0.25, -0.2) is 4.68 Å². The van der Waals surface area contributed by atoms with Crippen LogP contribution in [0.5, 0.6) is 0 Å². The number of carbonyl (C=O) groups excluding carboxylic acids is 2. The number of rotatable bonds is 6. The summed E-state index contributed by atoms with van der Waals surface area (Å²) in [6.45, 7) is 3.43. The summed E-state index contributed by atoms with van der Waals surface area (Å²) < 4.78 is 1.50. The van der Waals surface area contributed by atoms with Gasteiger partial charge in [0.05, 0.1) is 18.2 Å². The van der Waals surface area contributed by atoms with Crippen LogP contribution in [0, 0.1) is 6.92 Å². The molecule has 2 amide bonds. The van der Waals surface area contributed by atoms with Gasteiger partial charge in [0.15, 0.2) is 0 Å². The Bertz CT molecular complexity index is 922. The third-order valence-corrected chi connectivity index (χ3v) is 3.99. The molecule has 1 heterocycles. The molecule has 2 aromatic carbocycles. The van der Waals surface area contributed by atoms with E-state index in [0.717, 1.165) is 16.8 Å². The average Bonchev–Trinajstić information content (AvgIpc) is 3.16. The molecule has 0 spiro atoms. The molecule has 0 fully saturated rings. The minimum atomic E-state index is -0.397. The van der Waals surface area contributed by atoms with Crippen LogP contribution in [0.1, 0.15) is 30.5 Å². The number of benzene rings is 2. The van der Waals surface area contributed by atoms with Crippen molar-refractivity contribution in [2.45, 2.75) is 26.3 Å². The highest BCUT2D eigenvalue weighted by Gasteiger charge is 2.17. The maximum Gasteiger partial charge on any atom is 0.226 e. The molecule has 8 nitrogen and oxygen atoms in total. The lowest BCUT2D eigenvalue weighted by Crippen LogP contribution is -2.29. The third-order valence-electron chi connectivity index (χ3n) is 3.99. The van der Waals surface area contributed by atoms with Crippen molar-refractivity contribution in [1.82, 2.24) is 25.5 Å². The molecule has 1 unspecified atom stereocenters. The van der Waals surface area contributed by atoms with Crippen molar-refractivity contribution in [3.63, 3.8) is 0 Å². The highest BCUT2D eigenvalue weighted by molar-refractivity contribution is 5.91. The number of aryl methyl sites for hydroxylation is 1. The molecule has 0 aliphatic carbocycles. The molecule has 1 aromatic heterocycles. The second kappa shape index (κ2) is 8.22. The summed E-state index contributed by atoms with van der Waals surface area (Å²) in [6.07, 6.45) is 1.60. The van der Waals surface area contributed by atoms with E-state index < -0.39 is 6.04 Å². The first-order valence-electron chi connectivity index (χ1n) is 8.48. The summed E-state index contributed by atoms with van der Waals surface area (Å²) in [5, 5.41) is 16.7. The number of hydrogen-bond donors (Lipinski definition) is 2. The smallest absolute Gasteiger partial charge is 0.226 e. The molecule has 8 heteroatoms. The molecule has 138 valence electrons. The van der Waals surface area contributed by atoms with Gasteiger partial charge in [0, 0.05) is 12.6 Å². The van der Waals surface area contributed by atoms with Gasteiger partial charge in [-0.1, -0.05) is 35.9 Å². The van der Waals surface area contributed by atoms with E-state index in [2.05, 4.69) is 26.2 Å². The highest BCUT2D eigenvalue weighted by atomic mass is 16.2. The molecule has 1 atom stereocenters. The fourth-order valence-corrected chi connectivity index (χ4v) is 2.70. The molecule has 0 saturated heterocycles. The van der Waals surface area contributed by atoms with Crippen molar-refractivity contribution in [2.24, 2.45) is 0 Å². The molecule has 0 aliphatic rings. The zero-order valence-electron chi connectivity index (χ0n) is 15.1. The van der Waals surface area contributed by atoms with E-state index in [4.69, 9.17) is 0 Å². The summed E-state index contributed by atoms with van der Waals surface area (Å²) in [5.41, 5.74) is 3.35. The molecule has 3 rings (SSSR count). The first-order chi connectivity index (χ1) is 13.0. The van der Waals surface area contributed by atoms with Crippen molar-refractivity contribution in [3.05, 3.63) is 66.0 Å². The minimum Gasteiger partial charge on any atom is -0.349 e. The lowest BCUT2D eigenvalue weighted by atomic mass is 10.0. The second-order valence-electron chi connectivity index (χ2n) is 6.22. The predicted octanol–water partition coefficient (Wildman–Crippen LogP) is 2.18. The number of aromatic nitrogens is 4. The van der Waals surface area contributed by atoms with Gasteiger partial charge in [-0.2, -0.15) is 0 Å². The molecule has 0 radical (unpaired) electrons. The van der Waals surface area contributed by atoms with E-state index in [1.807, 2.05) is 37.3 Å². The van der Waals surface area contributed by atoms with E-state index >= 15 is 0 Å². The standard InChI is InChI=1S/C19H20N6O2/c1-13-6-8-15(9-7-13)18(21-14(2)26)11-19(27)22-16-4-3-5-17(10-16)25-12-20-23-24-25/h3-10,12,18H,11H2,1-2H3,(H,21,26)(H,22,27). The highest BCUT2D eigenvalue weighted by Crippen LogP contribution is 2.20. The van der Waals surface area contributed by atoms with Crippen LogP contribution in [0.3, 0.4) is 0 Å². The Morgan fingerprint density at radius 2 is 1.93 bits per heavy atom. The van der Waals surface area contributed by atoms with E-state index in [1.165, 1.54) is 17.9 Å². The van der Waals surface area contributed by atoms with Gasteiger partial charge in [0.25, 0.3) is 0 Å². The van der Waals surface area contributed by atoms with E-state index in [-0.39, 0.29) is 18.2 Å². The zero-order chi connectivity index (χ0) is 19.2. The quantitative estimate of drug-likeness (QED) is 0.698. The van der Waals surface area contributed by atoms with Crippen LogP contribution in [0.4, 0.5) is 5.69 Å². The molecule has 27 heavy (non-hydrogen) atoms. The summed E-state index contributed by atoms with van der Waals surface area (Å²) in [6, 6.07) is 14.5. The number of carbonyl (C=O) groups is 2. The van der Waals surface area contributed by atoms with Crippen LogP contribution in [0.25, 0.3) is 5.69 Å². The largest absolute Gasteiger partial charge is 0.349 e. The third kappa shape index (κ3) is 4.97.